The molecule has 55 heavy (non-hydrogen) atoms. The first kappa shape index (κ1) is 33.4. The van der Waals surface area contributed by atoms with Crippen molar-refractivity contribution in [1.82, 2.24) is 9.97 Å². The summed E-state index contributed by atoms with van der Waals surface area (Å²) in [4.78, 5) is 10.1. The lowest BCUT2D eigenvalue weighted by Crippen LogP contribution is -2.41. The Labute approximate surface area is 321 Å². The summed E-state index contributed by atoms with van der Waals surface area (Å²) >= 11 is 0. The summed E-state index contributed by atoms with van der Waals surface area (Å²) in [7, 11) is -0.533. The molecular formula is C50H39BN2O2. The molecule has 0 saturated carbocycles. The maximum absolute atomic E-state index is 6.69. The van der Waals surface area contributed by atoms with Crippen molar-refractivity contribution >= 4 is 55.9 Å². The van der Waals surface area contributed by atoms with E-state index in [4.69, 9.17) is 19.3 Å². The Kier molecular flexibility index (Phi) is 7.74. The van der Waals surface area contributed by atoms with E-state index in [-0.39, 0.29) is 0 Å². The molecule has 3 heterocycles. The quantitative estimate of drug-likeness (QED) is 0.132. The summed E-state index contributed by atoms with van der Waals surface area (Å²) in [6, 6.07) is 54.1. The first-order chi connectivity index (χ1) is 26.7. The van der Waals surface area contributed by atoms with Gasteiger partial charge in [-0.3, -0.25) is 9.97 Å². The lowest BCUT2D eigenvalue weighted by molar-refractivity contribution is 0.00578. The highest BCUT2D eigenvalue weighted by atomic mass is 16.7. The zero-order chi connectivity index (χ0) is 37.3. The van der Waals surface area contributed by atoms with Crippen LogP contribution in [-0.2, 0) is 9.31 Å². The molecule has 7 aromatic carbocycles. The maximum atomic E-state index is 6.69. The molecule has 1 saturated heterocycles. The largest absolute Gasteiger partial charge is 0.494 e. The number of pyridine rings is 2. The molecule has 0 aliphatic carbocycles. The Hall–Kier alpha value is -6.14. The third kappa shape index (κ3) is 5.70. The Morgan fingerprint density at radius 2 is 0.782 bits per heavy atom. The second-order valence-electron chi connectivity index (χ2n) is 15.7. The lowest BCUT2D eigenvalue weighted by atomic mass is 9.75. The van der Waals surface area contributed by atoms with E-state index in [0.29, 0.717) is 0 Å². The summed E-state index contributed by atoms with van der Waals surface area (Å²) in [5.41, 5.74) is 10.8. The molecule has 0 radical (unpaired) electrons. The molecular weight excluding hydrogens is 671 g/mol. The Bertz CT molecular complexity index is 2770. The lowest BCUT2D eigenvalue weighted by Gasteiger charge is -2.32. The molecule has 9 aromatic rings. The van der Waals surface area contributed by atoms with Crippen LogP contribution in [0.15, 0.2) is 164 Å². The van der Waals surface area contributed by atoms with Crippen LogP contribution in [0, 0.1) is 0 Å². The van der Waals surface area contributed by atoms with Gasteiger partial charge in [0.25, 0.3) is 0 Å². The average molecular weight is 711 g/mol. The smallest absolute Gasteiger partial charge is 0.399 e. The van der Waals surface area contributed by atoms with Gasteiger partial charge in [-0.2, -0.15) is 0 Å². The molecule has 10 rings (SSSR count). The van der Waals surface area contributed by atoms with Crippen LogP contribution in [0.25, 0.3) is 87.9 Å². The maximum Gasteiger partial charge on any atom is 0.494 e. The third-order valence-corrected chi connectivity index (χ3v) is 11.7. The van der Waals surface area contributed by atoms with Crippen molar-refractivity contribution in [3.63, 3.8) is 0 Å². The molecule has 2 aromatic heterocycles. The monoisotopic (exact) mass is 710 g/mol. The number of benzene rings is 7. The van der Waals surface area contributed by atoms with Crippen LogP contribution in [-0.4, -0.2) is 28.3 Å². The van der Waals surface area contributed by atoms with E-state index >= 15 is 0 Å². The van der Waals surface area contributed by atoms with Gasteiger partial charge in [0.15, 0.2) is 0 Å². The molecule has 0 atom stereocenters. The zero-order valence-corrected chi connectivity index (χ0v) is 31.4. The van der Waals surface area contributed by atoms with Gasteiger partial charge >= 0.3 is 7.12 Å². The van der Waals surface area contributed by atoms with E-state index in [0.717, 1.165) is 82.5 Å². The number of hydrogen-bond donors (Lipinski definition) is 0. The molecule has 1 aliphatic heterocycles. The highest BCUT2D eigenvalue weighted by Crippen LogP contribution is 2.41. The number of rotatable bonds is 5. The van der Waals surface area contributed by atoms with E-state index in [1.807, 2.05) is 12.4 Å². The molecule has 5 heteroatoms. The van der Waals surface area contributed by atoms with Gasteiger partial charge in [0.2, 0.25) is 0 Å². The molecule has 264 valence electrons. The first-order valence-corrected chi connectivity index (χ1v) is 19.0. The number of hydrogen-bond acceptors (Lipinski definition) is 4. The minimum absolute atomic E-state index is 0.481. The van der Waals surface area contributed by atoms with Crippen LogP contribution in [0.1, 0.15) is 27.7 Å². The molecule has 1 aliphatic rings. The summed E-state index contributed by atoms with van der Waals surface area (Å²) < 4.78 is 13.4. The van der Waals surface area contributed by atoms with Crippen LogP contribution in [0.4, 0.5) is 0 Å². The second kappa shape index (κ2) is 12.7. The van der Waals surface area contributed by atoms with Crippen molar-refractivity contribution < 1.29 is 9.31 Å². The molecule has 0 amide bonds. The van der Waals surface area contributed by atoms with Crippen molar-refractivity contribution in [2.24, 2.45) is 0 Å². The first-order valence-electron chi connectivity index (χ1n) is 19.0. The summed E-state index contributed by atoms with van der Waals surface area (Å²) in [5.74, 6) is 0. The zero-order valence-electron chi connectivity index (χ0n) is 31.4. The Morgan fingerprint density at radius 1 is 0.400 bits per heavy atom. The third-order valence-electron chi connectivity index (χ3n) is 11.7. The summed E-state index contributed by atoms with van der Waals surface area (Å²) in [6.45, 7) is 8.42. The fourth-order valence-electron chi connectivity index (χ4n) is 8.09. The molecule has 4 nitrogen and oxygen atoms in total. The number of fused-ring (bicyclic) bond motifs is 6. The van der Waals surface area contributed by atoms with Crippen LogP contribution >= 0.6 is 0 Å². The van der Waals surface area contributed by atoms with E-state index in [2.05, 4.69) is 179 Å². The Balaban J connectivity index is 1.14. The van der Waals surface area contributed by atoms with Crippen LogP contribution < -0.4 is 5.46 Å². The van der Waals surface area contributed by atoms with E-state index < -0.39 is 18.3 Å². The minimum Gasteiger partial charge on any atom is -0.399 e. The molecule has 1 fully saturated rings. The topological polar surface area (TPSA) is 44.2 Å². The van der Waals surface area contributed by atoms with E-state index in [1.165, 1.54) is 10.8 Å². The van der Waals surface area contributed by atoms with Gasteiger partial charge in [-0.25, -0.2) is 0 Å². The highest BCUT2D eigenvalue weighted by molar-refractivity contribution is 6.62. The molecule has 0 spiro atoms. The molecule has 0 unspecified atom stereocenters. The number of nitrogens with zero attached hydrogens (tertiary/aromatic N) is 2. The van der Waals surface area contributed by atoms with Gasteiger partial charge in [-0.15, -0.1) is 0 Å². The molecule has 0 N–H and O–H groups in total. The summed E-state index contributed by atoms with van der Waals surface area (Å²) in [6.07, 6.45) is 4.02. The SMILES string of the molecule is CC1(C)OB(c2cc(-c3ccccc3-c3cnc4c(ccc5ccccc54)c3)cc(-c3ccccc3-c3cnc4c(ccc5ccccc54)c3)c2)OC1(C)C. The van der Waals surface area contributed by atoms with Crippen molar-refractivity contribution in [1.29, 1.82) is 0 Å². The van der Waals surface area contributed by atoms with Crippen molar-refractivity contribution in [3.8, 4) is 44.5 Å². The highest BCUT2D eigenvalue weighted by Gasteiger charge is 2.51. The van der Waals surface area contributed by atoms with E-state index in [1.54, 1.807) is 0 Å². The summed E-state index contributed by atoms with van der Waals surface area (Å²) in [5, 5.41) is 6.93. The van der Waals surface area contributed by atoms with Gasteiger partial charge in [0.1, 0.15) is 0 Å². The van der Waals surface area contributed by atoms with Crippen molar-refractivity contribution in [3.05, 3.63) is 164 Å². The van der Waals surface area contributed by atoms with Gasteiger partial charge in [-0.05, 0) is 95.5 Å². The van der Waals surface area contributed by atoms with Gasteiger partial charge in [0.05, 0.1) is 22.2 Å². The average Bonchev–Trinajstić information content (AvgIpc) is 3.45. The van der Waals surface area contributed by atoms with Crippen molar-refractivity contribution in [2.75, 3.05) is 0 Å². The van der Waals surface area contributed by atoms with Crippen LogP contribution in [0.2, 0.25) is 0 Å². The second-order valence-corrected chi connectivity index (χ2v) is 15.7. The van der Waals surface area contributed by atoms with Gasteiger partial charge in [0, 0.05) is 45.1 Å². The van der Waals surface area contributed by atoms with E-state index in [9.17, 15) is 0 Å². The van der Waals surface area contributed by atoms with Crippen LogP contribution in [0.3, 0.4) is 0 Å². The van der Waals surface area contributed by atoms with Gasteiger partial charge in [-0.1, -0.05) is 133 Å². The fourth-order valence-corrected chi connectivity index (χ4v) is 8.09. The molecule has 0 bridgehead atoms. The minimum atomic E-state index is -0.533. The predicted octanol–water partition coefficient (Wildman–Crippen LogP) is 12.1. The van der Waals surface area contributed by atoms with Crippen LogP contribution in [0.5, 0.6) is 0 Å². The van der Waals surface area contributed by atoms with Gasteiger partial charge < -0.3 is 9.31 Å². The Morgan fingerprint density at radius 3 is 1.24 bits per heavy atom. The normalized spacial score (nSPS) is 15.0. The predicted molar refractivity (Wildman–Crippen MR) is 230 cm³/mol. The standard InChI is InChI=1S/C50H39BN2O2/c1-49(2)50(3,4)55-51(54-49)40-28-36(41-15-9-11-17-43(41)38-25-34-23-21-32-13-5-7-19-45(32)47(34)52-30-38)27-37(29-40)42-16-10-12-18-44(42)39-26-35-24-22-33-14-6-8-20-46(33)48(35)53-31-39/h5-31H,1-4H3. The fraction of sp³-hybridized carbons (Fsp3) is 0.120. The van der Waals surface area contributed by atoms with Crippen molar-refractivity contribution in [2.45, 2.75) is 38.9 Å². The number of aromatic nitrogens is 2.